The van der Waals surface area contributed by atoms with Crippen LogP contribution in [0.3, 0.4) is 0 Å². The van der Waals surface area contributed by atoms with Gasteiger partial charge in [-0.2, -0.15) is 9.78 Å². The van der Waals surface area contributed by atoms with Gasteiger partial charge in [-0.15, -0.1) is 10.2 Å². The van der Waals surface area contributed by atoms with E-state index in [2.05, 4.69) is 42.6 Å². The number of hydrogen-bond acceptors (Lipinski definition) is 10. The van der Waals surface area contributed by atoms with Crippen LogP contribution in [0.15, 0.2) is 18.5 Å². The van der Waals surface area contributed by atoms with Gasteiger partial charge in [-0.05, 0) is 37.6 Å². The molecule has 5 aromatic rings. The highest BCUT2D eigenvalue weighted by Gasteiger charge is 2.23. The average Bonchev–Trinajstić information content (AvgIpc) is 3.50. The Morgan fingerprint density at radius 3 is 2.94 bits per heavy atom. The normalized spacial score (nSPS) is 19.4. The molecule has 2 atom stereocenters. The van der Waals surface area contributed by atoms with Crippen molar-refractivity contribution in [2.45, 2.75) is 31.9 Å². The third-order valence-electron chi connectivity index (χ3n) is 5.35. The number of nitrogens with zero attached hydrogens (tertiary/aromatic N) is 7. The van der Waals surface area contributed by atoms with Gasteiger partial charge in [-0.1, -0.05) is 22.7 Å². The lowest BCUT2D eigenvalue weighted by molar-refractivity contribution is 0.144. The number of aromatic nitrogens is 8. The summed E-state index contributed by atoms with van der Waals surface area (Å²) < 4.78 is 6.13. The van der Waals surface area contributed by atoms with Crippen LogP contribution in [-0.2, 0) is 7.05 Å². The van der Waals surface area contributed by atoms with Crippen LogP contribution in [0.2, 0.25) is 0 Å². The minimum Gasteiger partial charge on any atom is -0.467 e. The molecule has 0 amide bonds. The number of fused-ring (bicyclic) bond motifs is 2. The Balaban J connectivity index is 1.32. The quantitative estimate of drug-likeness (QED) is 0.426. The van der Waals surface area contributed by atoms with Crippen LogP contribution < -0.4 is 10.1 Å². The van der Waals surface area contributed by atoms with E-state index >= 15 is 0 Å². The number of pyridine rings is 1. The van der Waals surface area contributed by atoms with Crippen LogP contribution in [0, 0.1) is 0 Å². The molecule has 0 aliphatic carbocycles. The number of rotatable bonds is 4. The van der Waals surface area contributed by atoms with Crippen molar-refractivity contribution in [2.24, 2.45) is 7.05 Å². The number of aromatic amines is 1. The molecule has 0 aromatic carbocycles. The molecule has 12 heteroatoms. The molecule has 6 rings (SSSR count). The topological polar surface area (TPSA) is 119 Å². The number of H-pyrrole nitrogens is 1. The van der Waals surface area contributed by atoms with Gasteiger partial charge in [-0.25, -0.2) is 4.98 Å². The molecule has 10 nitrogen and oxygen atoms in total. The van der Waals surface area contributed by atoms with Crippen LogP contribution in [0.5, 0.6) is 5.19 Å². The van der Waals surface area contributed by atoms with Crippen molar-refractivity contribution < 1.29 is 4.74 Å². The maximum atomic E-state index is 6.13. The Morgan fingerprint density at radius 2 is 2.13 bits per heavy atom. The molecule has 1 aliphatic rings. The lowest BCUT2D eigenvalue weighted by Crippen LogP contribution is -2.40. The molecule has 158 valence electrons. The molecule has 0 unspecified atom stereocenters. The zero-order chi connectivity index (χ0) is 20.9. The predicted octanol–water partition coefficient (Wildman–Crippen LogP) is 3.01. The Bertz CT molecular complexity index is 1350. The molecule has 2 N–H and O–H groups in total. The lowest BCUT2D eigenvalue weighted by atomic mass is 10.0. The van der Waals surface area contributed by atoms with Crippen LogP contribution >= 0.6 is 22.7 Å². The second kappa shape index (κ2) is 7.32. The number of thiazole rings is 2. The third-order valence-corrected chi connectivity index (χ3v) is 7.27. The summed E-state index contributed by atoms with van der Waals surface area (Å²) in [6.45, 7) is 3.16. The molecular formula is C19H19N9OS2. The zero-order valence-electron chi connectivity index (χ0n) is 16.9. The zero-order valence-corrected chi connectivity index (χ0v) is 18.5. The van der Waals surface area contributed by atoms with E-state index in [1.807, 2.05) is 12.3 Å². The molecule has 1 fully saturated rings. The Hall–Kier alpha value is -2.96. The molecule has 0 spiro atoms. The first-order chi connectivity index (χ1) is 15.1. The van der Waals surface area contributed by atoms with Crippen molar-refractivity contribution in [1.29, 1.82) is 0 Å². The van der Waals surface area contributed by atoms with E-state index in [0.717, 1.165) is 56.2 Å². The third kappa shape index (κ3) is 3.36. The molecule has 0 bridgehead atoms. The first kappa shape index (κ1) is 18.8. The maximum absolute atomic E-state index is 6.13. The van der Waals surface area contributed by atoms with E-state index in [0.29, 0.717) is 17.1 Å². The summed E-state index contributed by atoms with van der Waals surface area (Å²) in [4.78, 5) is 20.6. The minimum atomic E-state index is 0.207. The van der Waals surface area contributed by atoms with Gasteiger partial charge in [0.25, 0.3) is 5.19 Å². The molecule has 5 aromatic heterocycles. The smallest absolute Gasteiger partial charge is 0.276 e. The number of tetrazole rings is 1. The highest BCUT2D eigenvalue weighted by atomic mass is 32.1. The highest BCUT2D eigenvalue weighted by Crippen LogP contribution is 2.39. The highest BCUT2D eigenvalue weighted by molar-refractivity contribution is 7.28. The van der Waals surface area contributed by atoms with Crippen molar-refractivity contribution in [2.75, 3.05) is 6.54 Å². The van der Waals surface area contributed by atoms with Crippen LogP contribution in [0.1, 0.15) is 19.8 Å². The fourth-order valence-electron chi connectivity index (χ4n) is 3.90. The van der Waals surface area contributed by atoms with Crippen molar-refractivity contribution in [3.8, 4) is 27.3 Å². The van der Waals surface area contributed by atoms with Crippen LogP contribution in [0.4, 0.5) is 0 Å². The first-order valence-electron chi connectivity index (χ1n) is 10.0. The molecule has 0 radical (unpaired) electrons. The van der Waals surface area contributed by atoms with Gasteiger partial charge in [0.15, 0.2) is 9.66 Å². The van der Waals surface area contributed by atoms with E-state index in [9.17, 15) is 0 Å². The van der Waals surface area contributed by atoms with Crippen LogP contribution in [0.25, 0.3) is 42.7 Å². The van der Waals surface area contributed by atoms with Gasteiger partial charge in [-0.3, -0.25) is 4.98 Å². The van der Waals surface area contributed by atoms with Gasteiger partial charge in [0, 0.05) is 23.8 Å². The molecule has 1 aliphatic heterocycles. The largest absolute Gasteiger partial charge is 0.467 e. The Morgan fingerprint density at radius 1 is 1.23 bits per heavy atom. The van der Waals surface area contributed by atoms with E-state index < -0.39 is 0 Å². The maximum Gasteiger partial charge on any atom is 0.276 e. The van der Waals surface area contributed by atoms with Gasteiger partial charge in [0.2, 0.25) is 5.82 Å². The summed E-state index contributed by atoms with van der Waals surface area (Å²) in [5, 5.41) is 18.3. The molecule has 6 heterocycles. The number of hydrogen-bond donors (Lipinski definition) is 2. The summed E-state index contributed by atoms with van der Waals surface area (Å²) in [6.07, 6.45) is 5.86. The summed E-state index contributed by atoms with van der Waals surface area (Å²) >= 11 is 3.02. The SMILES string of the molecule is C[C@H]1C[C@H](Oc2nc3sc(-c4ncc(-c5nnn(C)n5)c5cc[nH]c45)nc3s2)CCN1. The van der Waals surface area contributed by atoms with E-state index in [1.165, 1.54) is 27.5 Å². The fourth-order valence-corrected chi connectivity index (χ4v) is 5.85. The standard InChI is InChI=1S/C19H19N9OS2/c1-9-7-10(3-5-20-9)29-19-24-18-17(31-19)23-16(30-18)14-13-11(4-6-21-13)12(8-22-14)15-25-27-28(2)26-15/h4,6,8-10,20-21H,3,5,7H2,1-2H3/t9-,10+/m0/s1. The molecule has 31 heavy (non-hydrogen) atoms. The van der Waals surface area contributed by atoms with E-state index in [-0.39, 0.29) is 6.10 Å². The van der Waals surface area contributed by atoms with Gasteiger partial charge in [0.1, 0.15) is 16.8 Å². The summed E-state index contributed by atoms with van der Waals surface area (Å²) in [6, 6.07) is 2.46. The molecule has 0 saturated carbocycles. The number of piperidine rings is 1. The van der Waals surface area contributed by atoms with Gasteiger partial charge < -0.3 is 15.0 Å². The van der Waals surface area contributed by atoms with Crippen molar-refractivity contribution in [1.82, 2.24) is 45.5 Å². The van der Waals surface area contributed by atoms with E-state index in [1.54, 1.807) is 13.2 Å². The lowest BCUT2D eigenvalue weighted by Gasteiger charge is -2.27. The van der Waals surface area contributed by atoms with Gasteiger partial charge in [0.05, 0.1) is 18.1 Å². The first-order valence-corrected chi connectivity index (χ1v) is 11.7. The van der Waals surface area contributed by atoms with Crippen molar-refractivity contribution >= 4 is 43.2 Å². The predicted molar refractivity (Wildman–Crippen MR) is 119 cm³/mol. The molecular weight excluding hydrogens is 434 g/mol. The van der Waals surface area contributed by atoms with Crippen molar-refractivity contribution in [3.05, 3.63) is 18.5 Å². The Labute approximate surface area is 184 Å². The summed E-state index contributed by atoms with van der Waals surface area (Å²) in [5.41, 5.74) is 2.51. The van der Waals surface area contributed by atoms with Crippen molar-refractivity contribution in [3.63, 3.8) is 0 Å². The number of aryl methyl sites for hydroxylation is 1. The van der Waals surface area contributed by atoms with Crippen LogP contribution in [-0.4, -0.2) is 58.8 Å². The second-order valence-electron chi connectivity index (χ2n) is 7.62. The monoisotopic (exact) mass is 453 g/mol. The minimum absolute atomic E-state index is 0.207. The second-order valence-corrected chi connectivity index (χ2v) is 9.54. The Kier molecular flexibility index (Phi) is 4.44. The van der Waals surface area contributed by atoms with Gasteiger partial charge >= 0.3 is 0 Å². The summed E-state index contributed by atoms with van der Waals surface area (Å²) in [7, 11) is 1.74. The average molecular weight is 454 g/mol. The summed E-state index contributed by atoms with van der Waals surface area (Å²) in [5.74, 6) is 0.543. The number of nitrogens with one attached hydrogen (secondary N) is 2. The molecule has 1 saturated heterocycles. The van der Waals surface area contributed by atoms with E-state index in [4.69, 9.17) is 9.72 Å². The number of ether oxygens (including phenoxy) is 1. The fraction of sp³-hybridized carbons (Fsp3) is 0.368.